The molecule has 1 aliphatic carbocycles. The van der Waals surface area contributed by atoms with E-state index in [0.717, 1.165) is 67.9 Å². The van der Waals surface area contributed by atoms with Crippen molar-refractivity contribution in [3.8, 4) is 11.3 Å². The minimum absolute atomic E-state index is 0.517. The van der Waals surface area contributed by atoms with Gasteiger partial charge in [-0.3, -0.25) is 4.90 Å². The average Bonchev–Trinajstić information content (AvgIpc) is 3.65. The van der Waals surface area contributed by atoms with Gasteiger partial charge in [0.25, 0.3) is 0 Å². The number of aromatic nitrogens is 2. The van der Waals surface area contributed by atoms with E-state index in [4.69, 9.17) is 5.73 Å². The molecule has 2 aliphatic heterocycles. The Bertz CT molecular complexity index is 818. The molecule has 3 aliphatic rings. The highest BCUT2D eigenvalue weighted by molar-refractivity contribution is 5.68. The highest BCUT2D eigenvalue weighted by Gasteiger charge is 2.31. The van der Waals surface area contributed by atoms with E-state index in [-0.39, 0.29) is 0 Å². The lowest BCUT2D eigenvalue weighted by Gasteiger charge is -2.35. The van der Waals surface area contributed by atoms with Crippen molar-refractivity contribution in [1.82, 2.24) is 15.1 Å². The van der Waals surface area contributed by atoms with E-state index in [2.05, 4.69) is 55.2 Å². The van der Waals surface area contributed by atoms with Crippen LogP contribution < -0.4 is 15.5 Å². The van der Waals surface area contributed by atoms with Gasteiger partial charge in [-0.05, 0) is 61.9 Å². The maximum Gasteiger partial charge on any atom is 0.151 e. The van der Waals surface area contributed by atoms with Gasteiger partial charge >= 0.3 is 0 Å². The van der Waals surface area contributed by atoms with Crippen LogP contribution in [0.4, 0.5) is 11.5 Å². The summed E-state index contributed by atoms with van der Waals surface area (Å²) in [6.07, 6.45) is 6.67. The summed E-state index contributed by atoms with van der Waals surface area (Å²) in [6.45, 7) is 7.18. The average molecular weight is 393 g/mol. The molecule has 1 aromatic carbocycles. The number of hydrogen-bond acceptors (Lipinski definition) is 6. The van der Waals surface area contributed by atoms with Crippen LogP contribution in [0.25, 0.3) is 11.3 Å². The summed E-state index contributed by atoms with van der Waals surface area (Å²) in [5.74, 6) is 0.989. The van der Waals surface area contributed by atoms with E-state index in [1.807, 2.05) is 0 Å². The van der Waals surface area contributed by atoms with Gasteiger partial charge in [0.2, 0.25) is 0 Å². The summed E-state index contributed by atoms with van der Waals surface area (Å²) >= 11 is 0. The molecule has 0 spiro atoms. The fraction of sp³-hybridized carbons (Fsp3) is 0.565. The monoisotopic (exact) mass is 392 g/mol. The summed E-state index contributed by atoms with van der Waals surface area (Å²) in [4.78, 5) is 7.46. The Labute approximate surface area is 173 Å². The van der Waals surface area contributed by atoms with Crippen molar-refractivity contribution < 1.29 is 0 Å². The van der Waals surface area contributed by atoms with E-state index in [1.54, 1.807) is 0 Å². The summed E-state index contributed by atoms with van der Waals surface area (Å²) < 4.78 is 0. The van der Waals surface area contributed by atoms with E-state index < -0.39 is 0 Å². The van der Waals surface area contributed by atoms with Crippen LogP contribution in [0.5, 0.6) is 0 Å². The number of hydrogen-bond donors (Lipinski definition) is 1. The van der Waals surface area contributed by atoms with Crippen LogP contribution in [0.2, 0.25) is 0 Å². The van der Waals surface area contributed by atoms with Crippen molar-refractivity contribution >= 4 is 11.5 Å². The molecule has 0 atom stereocenters. The molecule has 3 heterocycles. The van der Waals surface area contributed by atoms with Crippen LogP contribution in [0.15, 0.2) is 30.3 Å². The molecule has 154 valence electrons. The maximum atomic E-state index is 6.10. The lowest BCUT2D eigenvalue weighted by Crippen LogP contribution is -2.47. The van der Waals surface area contributed by atoms with Crippen LogP contribution in [-0.2, 0) is 6.54 Å². The van der Waals surface area contributed by atoms with Gasteiger partial charge in [-0.1, -0.05) is 6.07 Å². The second-order valence-electron chi connectivity index (χ2n) is 8.62. The van der Waals surface area contributed by atoms with Crippen LogP contribution >= 0.6 is 0 Å². The fourth-order valence-electron chi connectivity index (χ4n) is 4.74. The van der Waals surface area contributed by atoms with E-state index >= 15 is 0 Å². The summed E-state index contributed by atoms with van der Waals surface area (Å²) in [7, 11) is 0. The van der Waals surface area contributed by atoms with Gasteiger partial charge in [-0.25, -0.2) is 0 Å². The molecule has 0 amide bonds. The number of benzene rings is 1. The summed E-state index contributed by atoms with van der Waals surface area (Å²) in [6, 6.07) is 11.7. The molecular formula is C23H32N6. The van der Waals surface area contributed by atoms with Crippen LogP contribution in [0, 0.1) is 0 Å². The van der Waals surface area contributed by atoms with E-state index in [0.29, 0.717) is 6.54 Å². The fourth-order valence-corrected chi connectivity index (χ4v) is 4.74. The van der Waals surface area contributed by atoms with Crippen molar-refractivity contribution in [2.45, 2.75) is 44.7 Å². The molecule has 3 fully saturated rings. The van der Waals surface area contributed by atoms with Crippen molar-refractivity contribution in [1.29, 1.82) is 0 Å². The SMILES string of the molecule is NCc1cc(N2CCCCC2)ccc1-c1ccc(N2CCN(C3CC3)CC2)nn1. The second-order valence-corrected chi connectivity index (χ2v) is 8.62. The van der Waals surface area contributed by atoms with Gasteiger partial charge < -0.3 is 15.5 Å². The highest BCUT2D eigenvalue weighted by Crippen LogP contribution is 2.30. The zero-order chi connectivity index (χ0) is 19.6. The van der Waals surface area contributed by atoms with E-state index in [9.17, 15) is 0 Å². The molecule has 6 heteroatoms. The minimum Gasteiger partial charge on any atom is -0.372 e. The van der Waals surface area contributed by atoms with Crippen molar-refractivity contribution in [3.63, 3.8) is 0 Å². The summed E-state index contributed by atoms with van der Waals surface area (Å²) in [5.41, 5.74) is 10.5. The first kappa shape index (κ1) is 18.8. The minimum atomic E-state index is 0.517. The molecule has 0 unspecified atom stereocenters. The molecule has 1 aromatic heterocycles. The number of anilines is 2. The molecule has 5 rings (SSSR count). The van der Waals surface area contributed by atoms with Gasteiger partial charge in [-0.15, -0.1) is 10.2 Å². The molecular weight excluding hydrogens is 360 g/mol. The molecule has 6 nitrogen and oxygen atoms in total. The van der Waals surface area contributed by atoms with Gasteiger partial charge in [0.05, 0.1) is 5.69 Å². The molecule has 1 saturated carbocycles. The van der Waals surface area contributed by atoms with Crippen molar-refractivity contribution in [2.24, 2.45) is 5.73 Å². The Morgan fingerprint density at radius 1 is 0.828 bits per heavy atom. The lowest BCUT2D eigenvalue weighted by atomic mass is 10.0. The number of piperazine rings is 1. The molecule has 2 aromatic rings. The quantitative estimate of drug-likeness (QED) is 0.844. The lowest BCUT2D eigenvalue weighted by molar-refractivity contribution is 0.247. The molecule has 0 radical (unpaired) electrons. The van der Waals surface area contributed by atoms with Gasteiger partial charge in [0.1, 0.15) is 0 Å². The first-order valence-corrected chi connectivity index (χ1v) is 11.2. The van der Waals surface area contributed by atoms with Gasteiger partial charge in [0.15, 0.2) is 5.82 Å². The second kappa shape index (κ2) is 8.28. The highest BCUT2D eigenvalue weighted by atomic mass is 15.3. The first-order chi connectivity index (χ1) is 14.3. The molecule has 2 N–H and O–H groups in total. The predicted octanol–water partition coefficient (Wildman–Crippen LogP) is 2.88. The maximum absolute atomic E-state index is 6.10. The number of nitrogens with two attached hydrogens (primary N) is 1. The van der Waals surface area contributed by atoms with Crippen LogP contribution in [0.1, 0.15) is 37.7 Å². The van der Waals surface area contributed by atoms with Crippen molar-refractivity contribution in [3.05, 3.63) is 35.9 Å². The zero-order valence-electron chi connectivity index (χ0n) is 17.3. The molecule has 0 bridgehead atoms. The zero-order valence-corrected chi connectivity index (χ0v) is 17.3. The molecule has 29 heavy (non-hydrogen) atoms. The number of piperidine rings is 1. The number of rotatable bonds is 5. The third kappa shape index (κ3) is 4.09. The Kier molecular flexibility index (Phi) is 5.38. The van der Waals surface area contributed by atoms with Crippen LogP contribution in [-0.4, -0.2) is 60.4 Å². The predicted molar refractivity (Wildman–Crippen MR) is 118 cm³/mol. The third-order valence-corrected chi connectivity index (χ3v) is 6.66. The van der Waals surface area contributed by atoms with Gasteiger partial charge in [-0.2, -0.15) is 0 Å². The number of nitrogens with zero attached hydrogens (tertiary/aromatic N) is 5. The smallest absolute Gasteiger partial charge is 0.151 e. The summed E-state index contributed by atoms with van der Waals surface area (Å²) in [5, 5.41) is 9.13. The Balaban J connectivity index is 1.30. The third-order valence-electron chi connectivity index (χ3n) is 6.66. The molecule has 2 saturated heterocycles. The topological polar surface area (TPSA) is 61.5 Å². The van der Waals surface area contributed by atoms with Crippen LogP contribution in [0.3, 0.4) is 0 Å². The Morgan fingerprint density at radius 3 is 2.28 bits per heavy atom. The normalized spacial score (nSPS) is 20.9. The van der Waals surface area contributed by atoms with Crippen molar-refractivity contribution in [2.75, 3.05) is 49.1 Å². The van der Waals surface area contributed by atoms with Gasteiger partial charge in [0, 0.05) is 63.1 Å². The largest absolute Gasteiger partial charge is 0.372 e. The van der Waals surface area contributed by atoms with E-state index in [1.165, 1.54) is 37.8 Å². The Hall–Kier alpha value is -2.18. The first-order valence-electron chi connectivity index (χ1n) is 11.2. The standard InChI is InChI=1S/C23H32N6/c24-17-18-16-20(27-10-2-1-3-11-27)6-7-21(18)22-8-9-23(26-25-22)29-14-12-28(13-15-29)19-4-5-19/h6-9,16,19H,1-5,10-15,17,24H2. The Morgan fingerprint density at radius 2 is 1.62 bits per heavy atom.